The van der Waals surface area contributed by atoms with Crippen molar-refractivity contribution >= 4 is 24.0 Å². The minimum absolute atomic E-state index is 0.0570. The van der Waals surface area contributed by atoms with Gasteiger partial charge in [-0.3, -0.25) is 4.79 Å². The first-order chi connectivity index (χ1) is 15.0. The summed E-state index contributed by atoms with van der Waals surface area (Å²) >= 11 is 0. The van der Waals surface area contributed by atoms with Crippen molar-refractivity contribution in [1.82, 2.24) is 0 Å². The lowest BCUT2D eigenvalue weighted by molar-refractivity contribution is 0.104. The maximum absolute atomic E-state index is 12.6. The molecule has 0 fully saturated rings. The molecule has 0 aromatic heterocycles. The number of carbonyl (C=O) groups excluding carboxylic acids is 1. The normalized spacial score (nSPS) is 11.1. The summed E-state index contributed by atoms with van der Waals surface area (Å²) in [6.07, 6.45) is 6.98. The topological polar surface area (TPSA) is 65.0 Å². The smallest absolute Gasteiger partial charge is 0.189 e. The Balaban J connectivity index is 1.98. The minimum atomic E-state index is -0.305. The Hall–Kier alpha value is -3.99. The standard InChI is InChI=1S/C26H24O5/c1-29-20-12-9-18(10-13-20)8-11-19-16-21(30-2)17-26(31-3)22(19)14-15-25(28)23-6-4-5-7-24(23)27/h4-17,27H,1-3H3/b11-8+,15-14+. The van der Waals surface area contributed by atoms with Crippen molar-refractivity contribution in [2.45, 2.75) is 0 Å². The summed E-state index contributed by atoms with van der Waals surface area (Å²) in [5.41, 5.74) is 2.76. The summed E-state index contributed by atoms with van der Waals surface area (Å²) in [4.78, 5) is 12.6. The molecule has 0 aliphatic carbocycles. The van der Waals surface area contributed by atoms with Gasteiger partial charge >= 0.3 is 0 Å². The van der Waals surface area contributed by atoms with Crippen LogP contribution in [0.15, 0.2) is 66.7 Å². The van der Waals surface area contributed by atoms with E-state index in [1.54, 1.807) is 51.7 Å². The molecule has 0 bridgehead atoms. The Labute approximate surface area is 181 Å². The number of hydrogen-bond acceptors (Lipinski definition) is 5. The first-order valence-electron chi connectivity index (χ1n) is 9.64. The molecule has 5 nitrogen and oxygen atoms in total. The van der Waals surface area contributed by atoms with Gasteiger partial charge in [0, 0.05) is 11.6 Å². The SMILES string of the molecule is COc1ccc(/C=C/c2cc(OC)cc(OC)c2/C=C/C(=O)c2ccccc2O)cc1. The molecule has 1 N–H and O–H groups in total. The van der Waals surface area contributed by atoms with Crippen LogP contribution in [0.4, 0.5) is 0 Å². The number of carbonyl (C=O) groups is 1. The predicted octanol–water partition coefficient (Wildman–Crippen LogP) is 5.48. The van der Waals surface area contributed by atoms with Crippen LogP contribution in [0, 0.1) is 0 Å². The van der Waals surface area contributed by atoms with Gasteiger partial charge < -0.3 is 19.3 Å². The number of methoxy groups -OCH3 is 3. The summed E-state index contributed by atoms with van der Waals surface area (Å²) in [6.45, 7) is 0. The molecule has 0 heterocycles. The second kappa shape index (κ2) is 10.2. The average molecular weight is 416 g/mol. The Morgan fingerprint density at radius 2 is 1.52 bits per heavy atom. The van der Waals surface area contributed by atoms with Gasteiger partial charge in [0.1, 0.15) is 23.0 Å². The van der Waals surface area contributed by atoms with Crippen LogP contribution in [0.25, 0.3) is 18.2 Å². The monoisotopic (exact) mass is 416 g/mol. The fourth-order valence-electron chi connectivity index (χ4n) is 3.06. The summed E-state index contributed by atoms with van der Waals surface area (Å²) in [5, 5.41) is 9.93. The second-order valence-electron chi connectivity index (χ2n) is 6.65. The molecule has 0 atom stereocenters. The summed E-state index contributed by atoms with van der Waals surface area (Å²) in [5.74, 6) is 1.62. The third-order valence-corrected chi connectivity index (χ3v) is 4.75. The van der Waals surface area contributed by atoms with Crippen LogP contribution in [-0.2, 0) is 0 Å². The van der Waals surface area contributed by atoms with E-state index < -0.39 is 0 Å². The first-order valence-corrected chi connectivity index (χ1v) is 9.64. The number of para-hydroxylation sites is 1. The van der Waals surface area contributed by atoms with E-state index in [0.717, 1.165) is 22.4 Å². The number of allylic oxidation sites excluding steroid dienone is 1. The van der Waals surface area contributed by atoms with Gasteiger partial charge in [-0.25, -0.2) is 0 Å². The molecule has 31 heavy (non-hydrogen) atoms. The van der Waals surface area contributed by atoms with Crippen molar-refractivity contribution in [3.05, 3.63) is 89.0 Å². The zero-order valence-electron chi connectivity index (χ0n) is 17.7. The Morgan fingerprint density at radius 1 is 0.806 bits per heavy atom. The van der Waals surface area contributed by atoms with Crippen molar-refractivity contribution in [3.8, 4) is 23.0 Å². The number of hydrogen-bond donors (Lipinski definition) is 1. The summed E-state index contributed by atoms with van der Waals surface area (Å²) in [7, 11) is 4.78. The number of ether oxygens (including phenoxy) is 3. The van der Waals surface area contributed by atoms with Gasteiger partial charge in [-0.2, -0.15) is 0 Å². The van der Waals surface area contributed by atoms with Crippen molar-refractivity contribution in [1.29, 1.82) is 0 Å². The van der Waals surface area contributed by atoms with E-state index in [9.17, 15) is 9.90 Å². The third-order valence-electron chi connectivity index (χ3n) is 4.75. The fourth-order valence-corrected chi connectivity index (χ4v) is 3.06. The highest BCUT2D eigenvalue weighted by atomic mass is 16.5. The number of benzene rings is 3. The quantitative estimate of drug-likeness (QED) is 0.299. The summed E-state index contributed by atoms with van der Waals surface area (Å²) < 4.78 is 16.1. The van der Waals surface area contributed by atoms with Crippen LogP contribution in [-0.4, -0.2) is 32.2 Å². The molecular formula is C26H24O5. The van der Waals surface area contributed by atoms with Gasteiger partial charge in [-0.1, -0.05) is 36.4 Å². The Bertz CT molecular complexity index is 1110. The van der Waals surface area contributed by atoms with E-state index in [0.29, 0.717) is 11.5 Å². The van der Waals surface area contributed by atoms with Crippen molar-refractivity contribution in [2.75, 3.05) is 21.3 Å². The lowest BCUT2D eigenvalue weighted by Crippen LogP contribution is -1.96. The van der Waals surface area contributed by atoms with Crippen LogP contribution in [0.5, 0.6) is 23.0 Å². The van der Waals surface area contributed by atoms with Gasteiger partial charge in [0.15, 0.2) is 5.78 Å². The highest BCUT2D eigenvalue weighted by molar-refractivity contribution is 6.08. The molecule has 0 saturated heterocycles. The van der Waals surface area contributed by atoms with E-state index in [1.165, 1.54) is 12.1 Å². The maximum Gasteiger partial charge on any atom is 0.189 e. The fraction of sp³-hybridized carbons (Fsp3) is 0.115. The molecule has 0 spiro atoms. The molecule has 0 radical (unpaired) electrons. The molecule has 3 rings (SSSR count). The van der Waals surface area contributed by atoms with E-state index in [2.05, 4.69) is 0 Å². The van der Waals surface area contributed by atoms with Crippen molar-refractivity contribution in [2.24, 2.45) is 0 Å². The lowest BCUT2D eigenvalue weighted by Gasteiger charge is -2.11. The molecule has 0 saturated carbocycles. The van der Waals surface area contributed by atoms with Gasteiger partial charge in [0.05, 0.1) is 26.9 Å². The van der Waals surface area contributed by atoms with Gasteiger partial charge in [0.25, 0.3) is 0 Å². The van der Waals surface area contributed by atoms with Crippen LogP contribution in [0.2, 0.25) is 0 Å². The second-order valence-corrected chi connectivity index (χ2v) is 6.65. The van der Waals surface area contributed by atoms with Gasteiger partial charge in [-0.15, -0.1) is 0 Å². The lowest BCUT2D eigenvalue weighted by atomic mass is 10.0. The Kier molecular flexibility index (Phi) is 7.12. The van der Waals surface area contributed by atoms with E-state index >= 15 is 0 Å². The van der Waals surface area contributed by atoms with Crippen molar-refractivity contribution < 1.29 is 24.1 Å². The molecule has 3 aromatic carbocycles. The molecular weight excluding hydrogens is 392 g/mol. The average Bonchev–Trinajstić information content (AvgIpc) is 2.81. The van der Waals surface area contributed by atoms with Crippen molar-refractivity contribution in [3.63, 3.8) is 0 Å². The maximum atomic E-state index is 12.6. The van der Waals surface area contributed by atoms with Crippen LogP contribution < -0.4 is 14.2 Å². The van der Waals surface area contributed by atoms with Gasteiger partial charge in [-0.05, 0) is 53.6 Å². The number of ketones is 1. The minimum Gasteiger partial charge on any atom is -0.507 e. The number of phenolic OH excluding ortho intramolecular Hbond substituents is 1. The van der Waals surface area contributed by atoms with Gasteiger partial charge in [0.2, 0.25) is 0 Å². The summed E-state index contributed by atoms with van der Waals surface area (Å²) in [6, 6.07) is 17.7. The predicted molar refractivity (Wildman–Crippen MR) is 123 cm³/mol. The molecule has 0 amide bonds. The molecule has 0 aliphatic heterocycles. The first kappa shape index (κ1) is 21.7. The number of rotatable bonds is 8. The number of aromatic hydroxyl groups is 1. The molecule has 158 valence electrons. The van der Waals surface area contributed by atoms with E-state index in [4.69, 9.17) is 14.2 Å². The highest BCUT2D eigenvalue weighted by Gasteiger charge is 2.11. The van der Waals surface area contributed by atoms with Crippen LogP contribution >= 0.6 is 0 Å². The van der Waals surface area contributed by atoms with E-state index in [1.807, 2.05) is 42.5 Å². The Morgan fingerprint density at radius 3 is 2.16 bits per heavy atom. The largest absolute Gasteiger partial charge is 0.507 e. The molecule has 0 aliphatic rings. The molecule has 5 heteroatoms. The highest BCUT2D eigenvalue weighted by Crippen LogP contribution is 2.32. The molecule has 0 unspecified atom stereocenters. The van der Waals surface area contributed by atoms with E-state index in [-0.39, 0.29) is 17.1 Å². The van der Waals surface area contributed by atoms with Crippen LogP contribution in [0.3, 0.4) is 0 Å². The number of phenols is 1. The molecule has 3 aromatic rings. The van der Waals surface area contributed by atoms with Crippen LogP contribution in [0.1, 0.15) is 27.0 Å². The zero-order valence-corrected chi connectivity index (χ0v) is 17.7. The zero-order chi connectivity index (χ0) is 22.2. The third kappa shape index (κ3) is 5.34.